The average Bonchev–Trinajstić information content (AvgIpc) is 2.55. The molecule has 0 aliphatic carbocycles. The van der Waals surface area contributed by atoms with Gasteiger partial charge in [0.15, 0.2) is 0 Å². The van der Waals surface area contributed by atoms with Crippen LogP contribution in [-0.4, -0.2) is 42.4 Å². The number of nitrogens with zero attached hydrogens (tertiary/aromatic N) is 2. The van der Waals surface area contributed by atoms with E-state index >= 15 is 0 Å². The molecule has 1 aromatic rings. The molecule has 0 unspecified atom stereocenters. The number of aliphatic imine (C=N–C) groups is 1. The second kappa shape index (κ2) is 7.49. The molecule has 6 nitrogen and oxygen atoms in total. The molecule has 0 fully saturated rings. The van der Waals surface area contributed by atoms with Crippen molar-refractivity contribution in [3.63, 3.8) is 0 Å². The first-order valence-electron chi connectivity index (χ1n) is 7.21. The third-order valence-electron chi connectivity index (χ3n) is 3.05. The van der Waals surface area contributed by atoms with E-state index in [1.165, 1.54) is 6.20 Å². The minimum atomic E-state index is -0.405. The van der Waals surface area contributed by atoms with Crippen LogP contribution in [0.2, 0.25) is 0 Å². The Morgan fingerprint density at radius 1 is 1.18 bits per heavy atom. The minimum Gasteiger partial charge on any atom is -0.463 e. The summed E-state index contributed by atoms with van der Waals surface area (Å²) < 4.78 is 9.97. The Kier molecular flexibility index (Phi) is 5.41. The zero-order chi connectivity index (χ0) is 15.9. The number of carbonyl (C=O) groups excluding carboxylic acids is 2. The van der Waals surface area contributed by atoms with E-state index in [0.29, 0.717) is 48.7 Å². The van der Waals surface area contributed by atoms with Crippen LogP contribution >= 0.6 is 0 Å². The summed E-state index contributed by atoms with van der Waals surface area (Å²) in [6, 6.07) is 3.20. The van der Waals surface area contributed by atoms with Gasteiger partial charge in [0, 0.05) is 18.3 Å². The summed E-state index contributed by atoms with van der Waals surface area (Å²) in [5, 5.41) is 0. The summed E-state index contributed by atoms with van der Waals surface area (Å²) in [7, 11) is 0. The zero-order valence-electron chi connectivity index (χ0n) is 12.7. The molecule has 0 N–H and O–H groups in total. The smallest absolute Gasteiger partial charge is 0.338 e. The summed E-state index contributed by atoms with van der Waals surface area (Å²) in [5.74, 6) is -0.742. The average molecular weight is 302 g/mol. The van der Waals surface area contributed by atoms with Crippen LogP contribution in [0.4, 0.5) is 0 Å². The van der Waals surface area contributed by atoms with Gasteiger partial charge in [-0.05, 0) is 38.5 Å². The van der Waals surface area contributed by atoms with Crippen molar-refractivity contribution < 1.29 is 19.1 Å². The van der Waals surface area contributed by atoms with Gasteiger partial charge in [0.05, 0.1) is 30.2 Å². The van der Waals surface area contributed by atoms with Crippen LogP contribution in [0.5, 0.6) is 0 Å². The molecule has 0 saturated heterocycles. The molecule has 2 rings (SSSR count). The molecule has 1 aliphatic heterocycles. The van der Waals surface area contributed by atoms with Gasteiger partial charge in [-0.1, -0.05) is 0 Å². The Morgan fingerprint density at radius 2 is 1.91 bits per heavy atom. The Hall–Kier alpha value is -2.50. The van der Waals surface area contributed by atoms with Gasteiger partial charge in [-0.25, -0.2) is 9.59 Å². The van der Waals surface area contributed by atoms with Gasteiger partial charge < -0.3 is 9.47 Å². The van der Waals surface area contributed by atoms with Gasteiger partial charge in [0.1, 0.15) is 0 Å². The number of rotatable bonds is 5. The van der Waals surface area contributed by atoms with E-state index in [9.17, 15) is 9.59 Å². The monoisotopic (exact) mass is 302 g/mol. The highest BCUT2D eigenvalue weighted by Crippen LogP contribution is 2.15. The number of esters is 2. The molecular formula is C16H18N2O4. The van der Waals surface area contributed by atoms with Gasteiger partial charge >= 0.3 is 11.9 Å². The molecule has 6 heteroatoms. The summed E-state index contributed by atoms with van der Waals surface area (Å²) in [4.78, 5) is 32.1. The van der Waals surface area contributed by atoms with Crippen LogP contribution in [0.25, 0.3) is 0 Å². The van der Waals surface area contributed by atoms with Crippen LogP contribution < -0.4 is 0 Å². The van der Waals surface area contributed by atoms with Crippen LogP contribution in [0.1, 0.15) is 36.3 Å². The molecule has 116 valence electrons. The third-order valence-corrected chi connectivity index (χ3v) is 3.05. The van der Waals surface area contributed by atoms with Crippen molar-refractivity contribution in [1.29, 1.82) is 0 Å². The largest absolute Gasteiger partial charge is 0.463 e. The van der Waals surface area contributed by atoms with E-state index in [1.807, 2.05) is 0 Å². The lowest BCUT2D eigenvalue weighted by molar-refractivity contribution is -0.138. The van der Waals surface area contributed by atoms with E-state index in [4.69, 9.17) is 9.47 Å². The molecule has 0 radical (unpaired) electrons. The Bertz CT molecular complexity index is 635. The highest BCUT2D eigenvalue weighted by Gasteiger charge is 2.17. The maximum atomic E-state index is 11.8. The van der Waals surface area contributed by atoms with Crippen molar-refractivity contribution >= 4 is 17.7 Å². The van der Waals surface area contributed by atoms with E-state index in [-0.39, 0.29) is 5.97 Å². The molecule has 0 saturated carbocycles. The zero-order valence-corrected chi connectivity index (χ0v) is 12.7. The number of allylic oxidation sites excluding steroid dienone is 1. The maximum absolute atomic E-state index is 11.8. The van der Waals surface area contributed by atoms with Gasteiger partial charge in [-0.15, -0.1) is 0 Å². The summed E-state index contributed by atoms with van der Waals surface area (Å²) >= 11 is 0. The van der Waals surface area contributed by atoms with Crippen molar-refractivity contribution in [3.05, 3.63) is 41.2 Å². The fraction of sp³-hybridized carbons (Fsp3) is 0.375. The fourth-order valence-electron chi connectivity index (χ4n) is 2.03. The first kappa shape index (κ1) is 15.9. The standard InChI is InChI=1S/C16H18N2O4/c1-3-21-15(19)11-5-7-17-13(9-11)14-10-12(6-8-18-14)16(20)22-4-2/h5,7,9-10H,3-4,6,8H2,1-2H3. The first-order valence-corrected chi connectivity index (χ1v) is 7.21. The molecule has 1 aromatic heterocycles. The van der Waals surface area contributed by atoms with E-state index in [2.05, 4.69) is 9.98 Å². The molecule has 0 aromatic carbocycles. The molecular weight excluding hydrogens is 284 g/mol. The molecule has 0 amide bonds. The van der Waals surface area contributed by atoms with Gasteiger partial charge in [-0.3, -0.25) is 9.98 Å². The quantitative estimate of drug-likeness (QED) is 0.777. The van der Waals surface area contributed by atoms with Crippen molar-refractivity contribution in [1.82, 2.24) is 4.98 Å². The number of dihydropyridines is 1. The SMILES string of the molecule is CCOC(=O)C1=CC(c2cc(C(=O)OCC)ccn2)=NCC1. The highest BCUT2D eigenvalue weighted by atomic mass is 16.5. The van der Waals surface area contributed by atoms with E-state index in [0.717, 1.165) is 0 Å². The highest BCUT2D eigenvalue weighted by molar-refractivity contribution is 6.12. The van der Waals surface area contributed by atoms with E-state index in [1.54, 1.807) is 32.1 Å². The van der Waals surface area contributed by atoms with Crippen LogP contribution in [0, 0.1) is 0 Å². The lowest BCUT2D eigenvalue weighted by atomic mass is 10.0. The van der Waals surface area contributed by atoms with Gasteiger partial charge in [0.25, 0.3) is 0 Å². The maximum Gasteiger partial charge on any atom is 0.338 e. The number of hydrogen-bond acceptors (Lipinski definition) is 6. The lowest BCUT2D eigenvalue weighted by Crippen LogP contribution is -2.16. The van der Waals surface area contributed by atoms with Crippen LogP contribution in [-0.2, 0) is 14.3 Å². The van der Waals surface area contributed by atoms with Crippen molar-refractivity contribution in [2.45, 2.75) is 20.3 Å². The first-order chi connectivity index (χ1) is 10.7. The molecule has 0 bridgehead atoms. The molecule has 1 aliphatic rings. The summed E-state index contributed by atoms with van der Waals surface area (Å²) in [6.07, 6.45) is 3.73. The summed E-state index contributed by atoms with van der Waals surface area (Å²) in [6.45, 7) is 4.65. The molecule has 0 spiro atoms. The fourth-order valence-corrected chi connectivity index (χ4v) is 2.03. The Labute approximate surface area is 128 Å². The Balaban J connectivity index is 2.24. The normalized spacial score (nSPS) is 13.9. The van der Waals surface area contributed by atoms with Gasteiger partial charge in [0.2, 0.25) is 0 Å². The third kappa shape index (κ3) is 3.78. The van der Waals surface area contributed by atoms with Gasteiger partial charge in [-0.2, -0.15) is 0 Å². The number of hydrogen-bond donors (Lipinski definition) is 0. The molecule has 2 heterocycles. The predicted octanol–water partition coefficient (Wildman–Crippen LogP) is 1.94. The predicted molar refractivity (Wildman–Crippen MR) is 80.9 cm³/mol. The topological polar surface area (TPSA) is 77.9 Å². The number of carbonyl (C=O) groups is 2. The molecule has 22 heavy (non-hydrogen) atoms. The second-order valence-electron chi connectivity index (χ2n) is 4.56. The number of aromatic nitrogens is 1. The van der Waals surface area contributed by atoms with Crippen molar-refractivity contribution in [3.8, 4) is 0 Å². The van der Waals surface area contributed by atoms with Crippen molar-refractivity contribution in [2.75, 3.05) is 19.8 Å². The molecule has 0 atom stereocenters. The van der Waals surface area contributed by atoms with E-state index < -0.39 is 5.97 Å². The summed E-state index contributed by atoms with van der Waals surface area (Å²) in [5.41, 5.74) is 2.08. The number of ether oxygens (including phenoxy) is 2. The number of pyridine rings is 1. The Morgan fingerprint density at radius 3 is 2.64 bits per heavy atom. The van der Waals surface area contributed by atoms with Crippen molar-refractivity contribution in [2.24, 2.45) is 4.99 Å². The second-order valence-corrected chi connectivity index (χ2v) is 4.56. The van der Waals surface area contributed by atoms with Crippen LogP contribution in [0.3, 0.4) is 0 Å². The lowest BCUT2D eigenvalue weighted by Gasteiger charge is -2.12. The van der Waals surface area contributed by atoms with Crippen LogP contribution in [0.15, 0.2) is 35.0 Å². The minimum absolute atomic E-state index is 0.310.